The highest BCUT2D eigenvalue weighted by Crippen LogP contribution is 2.23. The van der Waals surface area contributed by atoms with Crippen LogP contribution in [0, 0.1) is 12.3 Å². The van der Waals surface area contributed by atoms with Crippen LogP contribution in [0.2, 0.25) is 0 Å². The largest absolute Gasteiger partial charge is 0.250 e. The van der Waals surface area contributed by atoms with Gasteiger partial charge in [-0.3, -0.25) is 0 Å². The lowest BCUT2D eigenvalue weighted by Crippen LogP contribution is -2.25. The van der Waals surface area contributed by atoms with E-state index in [0.29, 0.717) is 0 Å². The van der Waals surface area contributed by atoms with Gasteiger partial charge in [0.25, 0.3) is 0 Å². The minimum absolute atomic E-state index is 0.810. The van der Waals surface area contributed by atoms with Crippen molar-refractivity contribution in [2.45, 2.75) is 6.92 Å². The fraction of sp³-hybridized carbons (Fsp3) is 0.385. The Labute approximate surface area is 93.8 Å². The fourth-order valence-electron chi connectivity index (χ4n) is 1.19. The molecule has 0 aliphatic rings. The van der Waals surface area contributed by atoms with Gasteiger partial charge in [0.1, 0.15) is 20.0 Å². The summed E-state index contributed by atoms with van der Waals surface area (Å²) < 4.78 is 37.6. The quantitative estimate of drug-likeness (QED) is 0.717. The average Bonchev–Trinajstić information content (AvgIpc) is 2.34. The topological polar surface area (TPSA) is 0 Å². The zero-order chi connectivity index (χ0) is 12.0. The van der Waals surface area contributed by atoms with E-state index in [2.05, 4.69) is 0 Å². The van der Waals surface area contributed by atoms with E-state index >= 15 is 0 Å². The number of benzene rings is 1. The number of hydrogen-bond acceptors (Lipinski definition) is 0. The lowest BCUT2D eigenvalue weighted by atomic mass is 9.92. The van der Waals surface area contributed by atoms with Gasteiger partial charge < -0.3 is 0 Å². The molecule has 0 saturated carbocycles. The number of halogens is 3. The van der Waals surface area contributed by atoms with Crippen molar-refractivity contribution in [1.29, 1.82) is 0 Å². The SMILES string of the molecule is Cc1ccc(/C=C/C(CF)(CF)CF)cc1. The summed E-state index contributed by atoms with van der Waals surface area (Å²) in [7, 11) is 0. The molecule has 1 rings (SSSR count). The second kappa shape index (κ2) is 5.73. The molecule has 0 unspecified atom stereocenters. The van der Waals surface area contributed by atoms with Crippen LogP contribution in [-0.4, -0.2) is 20.0 Å². The van der Waals surface area contributed by atoms with Crippen molar-refractivity contribution in [3.05, 3.63) is 41.5 Å². The maximum absolute atomic E-state index is 12.5. The van der Waals surface area contributed by atoms with Crippen LogP contribution in [0.15, 0.2) is 30.3 Å². The Morgan fingerprint density at radius 2 is 1.50 bits per heavy atom. The first-order chi connectivity index (χ1) is 7.65. The van der Waals surface area contributed by atoms with E-state index in [1.54, 1.807) is 6.08 Å². The number of allylic oxidation sites excluding steroid dienone is 1. The molecular weight excluding hydrogens is 213 g/mol. The van der Waals surface area contributed by atoms with Gasteiger partial charge in [0.2, 0.25) is 0 Å². The molecule has 0 aromatic heterocycles. The summed E-state index contributed by atoms with van der Waals surface area (Å²) in [6.45, 7) is -1.13. The van der Waals surface area contributed by atoms with E-state index in [0.717, 1.165) is 11.1 Å². The molecule has 1 aromatic rings. The van der Waals surface area contributed by atoms with Gasteiger partial charge in [-0.25, -0.2) is 13.2 Å². The van der Waals surface area contributed by atoms with Crippen molar-refractivity contribution in [2.24, 2.45) is 5.41 Å². The Kier molecular flexibility index (Phi) is 4.59. The van der Waals surface area contributed by atoms with Gasteiger partial charge in [0.05, 0.1) is 5.41 Å². The number of hydrogen-bond donors (Lipinski definition) is 0. The molecule has 0 spiro atoms. The molecule has 1 aromatic carbocycles. The predicted octanol–water partition coefficient (Wildman–Crippen LogP) is 3.90. The molecule has 0 bridgehead atoms. The van der Waals surface area contributed by atoms with Gasteiger partial charge >= 0.3 is 0 Å². The molecular formula is C13H15F3. The zero-order valence-electron chi connectivity index (χ0n) is 9.22. The third-order valence-corrected chi connectivity index (χ3v) is 2.51. The van der Waals surface area contributed by atoms with Crippen LogP contribution >= 0.6 is 0 Å². The maximum Gasteiger partial charge on any atom is 0.104 e. The van der Waals surface area contributed by atoms with Crippen LogP contribution < -0.4 is 0 Å². The predicted molar refractivity (Wildman–Crippen MR) is 60.6 cm³/mol. The lowest BCUT2D eigenvalue weighted by molar-refractivity contribution is 0.164. The molecule has 0 atom stereocenters. The molecule has 0 nitrogen and oxygen atoms in total. The van der Waals surface area contributed by atoms with Gasteiger partial charge in [-0.1, -0.05) is 42.0 Å². The van der Waals surface area contributed by atoms with Crippen LogP contribution in [0.5, 0.6) is 0 Å². The second-order valence-electron chi connectivity index (χ2n) is 4.01. The molecule has 0 aliphatic carbocycles. The first kappa shape index (κ1) is 12.8. The summed E-state index contributed by atoms with van der Waals surface area (Å²) in [5, 5.41) is 0. The standard InChI is InChI=1S/C13H15F3/c1-11-2-4-12(5-3-11)6-7-13(8-14,9-15)10-16/h2-7H,8-10H2,1H3/b7-6+. The molecule has 0 aliphatic heterocycles. The van der Waals surface area contributed by atoms with Gasteiger partial charge in [0.15, 0.2) is 0 Å². The molecule has 0 heterocycles. The molecule has 88 valence electrons. The van der Waals surface area contributed by atoms with E-state index in [9.17, 15) is 13.2 Å². The van der Waals surface area contributed by atoms with Gasteiger partial charge in [-0.05, 0) is 12.5 Å². The first-order valence-corrected chi connectivity index (χ1v) is 5.09. The summed E-state index contributed by atoms with van der Waals surface area (Å²) >= 11 is 0. The number of alkyl halides is 3. The van der Waals surface area contributed by atoms with Crippen molar-refractivity contribution in [2.75, 3.05) is 20.0 Å². The van der Waals surface area contributed by atoms with Crippen molar-refractivity contribution in [3.63, 3.8) is 0 Å². The third-order valence-electron chi connectivity index (χ3n) is 2.51. The first-order valence-electron chi connectivity index (χ1n) is 5.09. The highest BCUT2D eigenvalue weighted by atomic mass is 19.1. The van der Waals surface area contributed by atoms with Crippen molar-refractivity contribution < 1.29 is 13.2 Å². The van der Waals surface area contributed by atoms with Crippen LogP contribution in [0.1, 0.15) is 11.1 Å². The molecule has 0 N–H and O–H groups in total. The average molecular weight is 228 g/mol. The van der Waals surface area contributed by atoms with E-state index in [-0.39, 0.29) is 0 Å². The number of rotatable bonds is 5. The van der Waals surface area contributed by atoms with E-state index in [1.807, 2.05) is 31.2 Å². The lowest BCUT2D eigenvalue weighted by Gasteiger charge is -2.19. The third kappa shape index (κ3) is 3.12. The molecule has 16 heavy (non-hydrogen) atoms. The Morgan fingerprint density at radius 3 is 1.94 bits per heavy atom. The van der Waals surface area contributed by atoms with E-state index in [4.69, 9.17) is 0 Å². The van der Waals surface area contributed by atoms with Crippen molar-refractivity contribution >= 4 is 6.08 Å². The fourth-order valence-corrected chi connectivity index (χ4v) is 1.19. The monoisotopic (exact) mass is 228 g/mol. The summed E-state index contributed by atoms with van der Waals surface area (Å²) in [4.78, 5) is 0. The molecule has 0 radical (unpaired) electrons. The minimum atomic E-state index is -1.61. The highest BCUT2D eigenvalue weighted by Gasteiger charge is 2.27. The Balaban J connectivity index is 2.82. The second-order valence-corrected chi connectivity index (χ2v) is 4.01. The molecule has 3 heteroatoms. The van der Waals surface area contributed by atoms with Crippen molar-refractivity contribution in [1.82, 2.24) is 0 Å². The van der Waals surface area contributed by atoms with Crippen LogP contribution in [0.3, 0.4) is 0 Å². The van der Waals surface area contributed by atoms with E-state index in [1.165, 1.54) is 6.08 Å². The summed E-state index contributed by atoms with van der Waals surface area (Å²) in [6.07, 6.45) is 2.83. The smallest absolute Gasteiger partial charge is 0.104 e. The van der Waals surface area contributed by atoms with Gasteiger partial charge in [-0.2, -0.15) is 0 Å². The molecule has 0 amide bonds. The summed E-state index contributed by atoms with van der Waals surface area (Å²) in [5.41, 5.74) is 0.306. The van der Waals surface area contributed by atoms with Gasteiger partial charge in [-0.15, -0.1) is 0 Å². The zero-order valence-corrected chi connectivity index (χ0v) is 9.22. The Hall–Kier alpha value is -1.25. The highest BCUT2D eigenvalue weighted by molar-refractivity contribution is 5.50. The van der Waals surface area contributed by atoms with Crippen molar-refractivity contribution in [3.8, 4) is 0 Å². The van der Waals surface area contributed by atoms with Crippen LogP contribution in [-0.2, 0) is 0 Å². The molecule has 0 fully saturated rings. The maximum atomic E-state index is 12.5. The Morgan fingerprint density at radius 1 is 1.00 bits per heavy atom. The van der Waals surface area contributed by atoms with Crippen LogP contribution in [0.25, 0.3) is 6.08 Å². The van der Waals surface area contributed by atoms with Gasteiger partial charge in [0, 0.05) is 0 Å². The normalized spacial score (nSPS) is 12.2. The summed E-state index contributed by atoms with van der Waals surface area (Å²) in [6, 6.07) is 7.43. The summed E-state index contributed by atoms with van der Waals surface area (Å²) in [5.74, 6) is 0. The number of aryl methyl sites for hydroxylation is 1. The van der Waals surface area contributed by atoms with Crippen LogP contribution in [0.4, 0.5) is 13.2 Å². The Bertz CT molecular complexity index is 328. The van der Waals surface area contributed by atoms with E-state index < -0.39 is 25.4 Å². The molecule has 0 saturated heterocycles. The minimum Gasteiger partial charge on any atom is -0.250 e.